The first-order chi connectivity index (χ1) is 8.69. The van der Waals surface area contributed by atoms with Crippen molar-refractivity contribution in [2.75, 3.05) is 0 Å². The van der Waals surface area contributed by atoms with Crippen LogP contribution < -0.4 is 10.5 Å². The van der Waals surface area contributed by atoms with E-state index in [9.17, 15) is 0 Å². The minimum absolute atomic E-state index is 0.350. The molecule has 0 saturated heterocycles. The zero-order chi connectivity index (χ0) is 13.0. The number of hydrogen-bond donors (Lipinski definition) is 1. The highest BCUT2D eigenvalue weighted by Crippen LogP contribution is 2.22. The fourth-order valence-corrected chi connectivity index (χ4v) is 1.91. The van der Waals surface area contributed by atoms with E-state index in [1.54, 1.807) is 6.20 Å². The number of halogens is 2. The lowest BCUT2D eigenvalue weighted by Gasteiger charge is -2.10. The summed E-state index contributed by atoms with van der Waals surface area (Å²) in [6.45, 7) is 0.811. The van der Waals surface area contributed by atoms with Crippen LogP contribution in [0.15, 0.2) is 41.0 Å². The molecule has 0 aliphatic heterocycles. The van der Waals surface area contributed by atoms with E-state index in [2.05, 4.69) is 20.9 Å². The number of pyridine rings is 1. The van der Waals surface area contributed by atoms with Crippen molar-refractivity contribution in [3.8, 4) is 5.75 Å². The molecule has 0 fully saturated rings. The van der Waals surface area contributed by atoms with E-state index in [1.807, 2.05) is 30.3 Å². The van der Waals surface area contributed by atoms with Crippen molar-refractivity contribution in [2.45, 2.75) is 13.2 Å². The molecule has 2 aromatic rings. The van der Waals surface area contributed by atoms with Gasteiger partial charge in [-0.15, -0.1) is 0 Å². The van der Waals surface area contributed by atoms with E-state index >= 15 is 0 Å². The molecule has 0 unspecified atom stereocenters. The molecule has 18 heavy (non-hydrogen) atoms. The van der Waals surface area contributed by atoms with E-state index in [0.29, 0.717) is 23.9 Å². The first-order valence-corrected chi connectivity index (χ1v) is 6.58. The van der Waals surface area contributed by atoms with Gasteiger partial charge in [0.25, 0.3) is 0 Å². The van der Waals surface area contributed by atoms with Crippen LogP contribution in [0, 0.1) is 0 Å². The predicted octanol–water partition coefficient (Wildman–Crippen LogP) is 3.54. The van der Waals surface area contributed by atoms with Crippen molar-refractivity contribution in [2.24, 2.45) is 5.73 Å². The van der Waals surface area contributed by atoms with Gasteiger partial charge in [0, 0.05) is 22.2 Å². The summed E-state index contributed by atoms with van der Waals surface area (Å²) in [5.74, 6) is 0.696. The standard InChI is InChI=1S/C13H12BrClN2O/c14-10-5-13(12(6-16)17-7-10)18-8-9-1-3-11(15)4-2-9/h1-5,7H,6,8,16H2. The predicted molar refractivity (Wildman–Crippen MR) is 75.6 cm³/mol. The summed E-state index contributed by atoms with van der Waals surface area (Å²) in [4.78, 5) is 4.21. The van der Waals surface area contributed by atoms with Crippen molar-refractivity contribution < 1.29 is 4.74 Å². The minimum atomic E-state index is 0.350. The number of hydrogen-bond acceptors (Lipinski definition) is 3. The Morgan fingerprint density at radius 3 is 2.67 bits per heavy atom. The van der Waals surface area contributed by atoms with Gasteiger partial charge >= 0.3 is 0 Å². The Morgan fingerprint density at radius 1 is 1.28 bits per heavy atom. The second-order valence-corrected chi connectivity index (χ2v) is 5.07. The highest BCUT2D eigenvalue weighted by atomic mass is 79.9. The lowest BCUT2D eigenvalue weighted by atomic mass is 10.2. The van der Waals surface area contributed by atoms with Gasteiger partial charge in [-0.3, -0.25) is 4.98 Å². The third-order valence-electron chi connectivity index (χ3n) is 2.40. The Hall–Kier alpha value is -1.10. The summed E-state index contributed by atoms with van der Waals surface area (Å²) in [6, 6.07) is 9.39. The van der Waals surface area contributed by atoms with Gasteiger partial charge in [-0.25, -0.2) is 0 Å². The van der Waals surface area contributed by atoms with E-state index in [1.165, 1.54) is 0 Å². The van der Waals surface area contributed by atoms with Crippen LogP contribution >= 0.6 is 27.5 Å². The molecule has 0 spiro atoms. The number of aromatic nitrogens is 1. The Kier molecular flexibility index (Phi) is 4.58. The maximum absolute atomic E-state index is 5.82. The largest absolute Gasteiger partial charge is 0.487 e. The summed E-state index contributed by atoms with van der Waals surface area (Å²) in [6.07, 6.45) is 1.71. The van der Waals surface area contributed by atoms with Crippen LogP contribution in [0.1, 0.15) is 11.3 Å². The number of nitrogens with two attached hydrogens (primary N) is 1. The molecule has 0 aliphatic rings. The van der Waals surface area contributed by atoms with Gasteiger partial charge in [-0.2, -0.15) is 0 Å². The molecule has 0 saturated carbocycles. The van der Waals surface area contributed by atoms with Gasteiger partial charge in [0.05, 0.1) is 5.69 Å². The fourth-order valence-electron chi connectivity index (χ4n) is 1.47. The smallest absolute Gasteiger partial charge is 0.143 e. The van der Waals surface area contributed by atoms with Crippen LogP contribution in [0.2, 0.25) is 5.02 Å². The van der Waals surface area contributed by atoms with Crippen molar-refractivity contribution in [1.82, 2.24) is 4.98 Å². The maximum Gasteiger partial charge on any atom is 0.143 e. The number of nitrogens with zero attached hydrogens (tertiary/aromatic N) is 1. The van der Waals surface area contributed by atoms with Crippen molar-refractivity contribution in [3.05, 3.63) is 57.3 Å². The molecular formula is C13H12BrClN2O. The van der Waals surface area contributed by atoms with Crippen LogP contribution in [0.4, 0.5) is 0 Å². The highest BCUT2D eigenvalue weighted by molar-refractivity contribution is 9.10. The Morgan fingerprint density at radius 2 is 2.00 bits per heavy atom. The van der Waals surface area contributed by atoms with Crippen LogP contribution in [-0.4, -0.2) is 4.98 Å². The molecule has 1 aromatic carbocycles. The van der Waals surface area contributed by atoms with Crippen LogP contribution in [0.25, 0.3) is 0 Å². The summed E-state index contributed by atoms with van der Waals surface area (Å²) in [5, 5.41) is 0.713. The van der Waals surface area contributed by atoms with Crippen molar-refractivity contribution in [3.63, 3.8) is 0 Å². The van der Waals surface area contributed by atoms with Crippen LogP contribution in [0.3, 0.4) is 0 Å². The van der Waals surface area contributed by atoms with E-state index in [-0.39, 0.29) is 0 Å². The topological polar surface area (TPSA) is 48.1 Å². The second-order valence-electron chi connectivity index (χ2n) is 3.72. The van der Waals surface area contributed by atoms with Crippen LogP contribution in [-0.2, 0) is 13.2 Å². The van der Waals surface area contributed by atoms with Crippen molar-refractivity contribution in [1.29, 1.82) is 0 Å². The summed E-state index contributed by atoms with van der Waals surface area (Å²) in [5.41, 5.74) is 7.40. The summed E-state index contributed by atoms with van der Waals surface area (Å²) in [7, 11) is 0. The summed E-state index contributed by atoms with van der Waals surface area (Å²) >= 11 is 9.18. The Balaban J connectivity index is 2.09. The number of ether oxygens (including phenoxy) is 1. The average molecular weight is 328 g/mol. The third kappa shape index (κ3) is 3.45. The van der Waals surface area contributed by atoms with Gasteiger partial charge in [0.1, 0.15) is 12.4 Å². The maximum atomic E-state index is 5.82. The SMILES string of the molecule is NCc1ncc(Br)cc1OCc1ccc(Cl)cc1. The molecule has 5 heteroatoms. The van der Waals surface area contributed by atoms with Gasteiger partial charge in [0.2, 0.25) is 0 Å². The van der Waals surface area contributed by atoms with Gasteiger partial charge in [-0.05, 0) is 39.7 Å². The van der Waals surface area contributed by atoms with Gasteiger partial charge in [0.15, 0.2) is 0 Å². The second kappa shape index (κ2) is 6.18. The summed E-state index contributed by atoms with van der Waals surface area (Å²) < 4.78 is 6.59. The molecule has 2 N–H and O–H groups in total. The minimum Gasteiger partial charge on any atom is -0.487 e. The molecule has 0 aliphatic carbocycles. The molecule has 0 radical (unpaired) electrons. The zero-order valence-corrected chi connectivity index (χ0v) is 11.9. The van der Waals surface area contributed by atoms with Crippen molar-refractivity contribution >= 4 is 27.5 Å². The van der Waals surface area contributed by atoms with Gasteiger partial charge < -0.3 is 10.5 Å². The molecule has 1 heterocycles. The molecular weight excluding hydrogens is 316 g/mol. The fraction of sp³-hybridized carbons (Fsp3) is 0.154. The third-order valence-corrected chi connectivity index (χ3v) is 3.08. The van der Waals surface area contributed by atoms with E-state index in [0.717, 1.165) is 15.7 Å². The average Bonchev–Trinajstić information content (AvgIpc) is 2.38. The lowest BCUT2D eigenvalue weighted by molar-refractivity contribution is 0.301. The Bertz CT molecular complexity index is 531. The molecule has 2 rings (SSSR count). The van der Waals surface area contributed by atoms with Gasteiger partial charge in [-0.1, -0.05) is 23.7 Å². The molecule has 3 nitrogen and oxygen atoms in total. The van der Waals surface area contributed by atoms with E-state index in [4.69, 9.17) is 22.1 Å². The molecule has 0 atom stereocenters. The molecule has 1 aromatic heterocycles. The van der Waals surface area contributed by atoms with E-state index < -0.39 is 0 Å². The molecule has 0 amide bonds. The number of benzene rings is 1. The van der Waals surface area contributed by atoms with Crippen LogP contribution in [0.5, 0.6) is 5.75 Å². The lowest BCUT2D eigenvalue weighted by Crippen LogP contribution is -2.05. The molecule has 94 valence electrons. The highest BCUT2D eigenvalue weighted by Gasteiger charge is 2.05. The first kappa shape index (κ1) is 13.3. The Labute approximate surface area is 119 Å². The number of rotatable bonds is 4. The molecule has 0 bridgehead atoms. The normalized spacial score (nSPS) is 10.4. The monoisotopic (exact) mass is 326 g/mol. The zero-order valence-electron chi connectivity index (χ0n) is 9.57. The quantitative estimate of drug-likeness (QED) is 0.934. The first-order valence-electron chi connectivity index (χ1n) is 5.41.